The predicted octanol–water partition coefficient (Wildman–Crippen LogP) is 6.02. The summed E-state index contributed by atoms with van der Waals surface area (Å²) in [5.41, 5.74) is -1.74. The van der Waals surface area contributed by atoms with Crippen LogP contribution in [-0.4, -0.2) is 54.2 Å². The first kappa shape index (κ1) is 29.6. The van der Waals surface area contributed by atoms with Crippen molar-refractivity contribution in [2.24, 2.45) is 5.92 Å². The second kappa shape index (κ2) is 12.4. The van der Waals surface area contributed by atoms with Gasteiger partial charge in [0.1, 0.15) is 11.6 Å². The molecule has 11 heteroatoms. The van der Waals surface area contributed by atoms with Crippen molar-refractivity contribution in [2.75, 3.05) is 31.6 Å². The molecule has 40 heavy (non-hydrogen) atoms. The van der Waals surface area contributed by atoms with E-state index < -0.39 is 35.3 Å². The SMILES string of the molecule is CCOC(=O)C1CCN(C(=O)C2(c3ccc(NCCc4c(F)cccc4Cl)nc3)C=CC=C(C(F)(F)F)C2)CC1. The molecule has 1 unspecified atom stereocenters. The third-order valence-corrected chi connectivity index (χ3v) is 7.67. The number of carbonyl (C=O) groups excluding carboxylic acids is 2. The fraction of sp³-hybridized carbons (Fsp3) is 0.414. The number of esters is 1. The van der Waals surface area contributed by atoms with Crippen molar-refractivity contribution >= 4 is 29.3 Å². The number of allylic oxidation sites excluding steroid dienone is 3. The van der Waals surface area contributed by atoms with Crippen LogP contribution in [0.5, 0.6) is 0 Å². The molecule has 0 radical (unpaired) electrons. The van der Waals surface area contributed by atoms with Crippen LogP contribution in [-0.2, 0) is 26.2 Å². The molecule has 1 aliphatic heterocycles. The first-order valence-electron chi connectivity index (χ1n) is 13.1. The number of pyridine rings is 1. The molecular weight excluding hydrogens is 550 g/mol. The molecule has 2 heterocycles. The minimum absolute atomic E-state index is 0.231. The fourth-order valence-electron chi connectivity index (χ4n) is 5.12. The Bertz CT molecular complexity index is 1270. The van der Waals surface area contributed by atoms with Crippen molar-refractivity contribution in [1.29, 1.82) is 0 Å². The van der Waals surface area contributed by atoms with Gasteiger partial charge in [-0.3, -0.25) is 9.59 Å². The van der Waals surface area contributed by atoms with E-state index in [2.05, 4.69) is 10.3 Å². The maximum atomic E-state index is 14.0. The molecule has 6 nitrogen and oxygen atoms in total. The van der Waals surface area contributed by atoms with E-state index in [-0.39, 0.29) is 31.6 Å². The number of nitrogens with zero attached hydrogens (tertiary/aromatic N) is 2. The number of hydrogen-bond donors (Lipinski definition) is 1. The van der Waals surface area contributed by atoms with Gasteiger partial charge in [-0.1, -0.05) is 42.0 Å². The van der Waals surface area contributed by atoms with Crippen molar-refractivity contribution in [3.63, 3.8) is 0 Å². The van der Waals surface area contributed by atoms with E-state index in [1.54, 1.807) is 25.1 Å². The molecule has 1 aromatic carbocycles. The number of rotatable bonds is 8. The van der Waals surface area contributed by atoms with Gasteiger partial charge in [0.25, 0.3) is 0 Å². The third kappa shape index (κ3) is 6.49. The predicted molar refractivity (Wildman–Crippen MR) is 143 cm³/mol. The second-order valence-corrected chi connectivity index (χ2v) is 10.2. The average molecular weight is 580 g/mol. The number of anilines is 1. The van der Waals surface area contributed by atoms with Crippen molar-refractivity contribution in [1.82, 2.24) is 9.88 Å². The van der Waals surface area contributed by atoms with E-state index in [1.165, 1.54) is 35.4 Å². The van der Waals surface area contributed by atoms with Crippen molar-refractivity contribution < 1.29 is 31.9 Å². The van der Waals surface area contributed by atoms with Gasteiger partial charge < -0.3 is 15.0 Å². The van der Waals surface area contributed by atoms with Crippen LogP contribution in [0.25, 0.3) is 0 Å². The lowest BCUT2D eigenvalue weighted by molar-refractivity contribution is -0.152. The summed E-state index contributed by atoms with van der Waals surface area (Å²) < 4.78 is 60.5. The molecule has 4 rings (SSSR count). The monoisotopic (exact) mass is 579 g/mol. The number of amides is 1. The maximum Gasteiger partial charge on any atom is 0.412 e. The zero-order valence-corrected chi connectivity index (χ0v) is 22.7. The number of ether oxygens (including phenoxy) is 1. The first-order chi connectivity index (χ1) is 19.0. The molecule has 2 aromatic rings. The van der Waals surface area contributed by atoms with Gasteiger partial charge in [-0.15, -0.1) is 0 Å². The number of alkyl halides is 3. The number of carbonyl (C=O) groups is 2. The van der Waals surface area contributed by atoms with Gasteiger partial charge in [-0.05, 0) is 56.4 Å². The minimum Gasteiger partial charge on any atom is -0.466 e. The quantitative estimate of drug-likeness (QED) is 0.306. The standard InChI is InChI=1S/C29H30ClF4N3O3/c1-2-40-26(38)19-11-15-37(16-12-19)27(39)28(13-4-5-20(17-28)29(32,33)34)21-8-9-25(36-18-21)35-14-10-22-23(30)6-3-7-24(22)31/h3-9,13,18-19H,2,10-12,14-17H2,1H3,(H,35,36). The highest BCUT2D eigenvalue weighted by Crippen LogP contribution is 2.43. The van der Waals surface area contributed by atoms with Gasteiger partial charge in [-0.2, -0.15) is 13.2 Å². The lowest BCUT2D eigenvalue weighted by atomic mass is 9.71. The summed E-state index contributed by atoms with van der Waals surface area (Å²) in [7, 11) is 0. The van der Waals surface area contributed by atoms with Crippen LogP contribution in [0.15, 0.2) is 60.3 Å². The molecule has 2 aliphatic rings. The van der Waals surface area contributed by atoms with E-state index >= 15 is 0 Å². The largest absolute Gasteiger partial charge is 0.466 e. The van der Waals surface area contributed by atoms with Crippen molar-refractivity contribution in [2.45, 2.75) is 44.2 Å². The van der Waals surface area contributed by atoms with Crippen LogP contribution < -0.4 is 5.32 Å². The lowest BCUT2D eigenvalue weighted by Gasteiger charge is -2.40. The summed E-state index contributed by atoms with van der Waals surface area (Å²) in [5, 5.41) is 3.37. The Morgan fingerprint density at radius 1 is 1.20 bits per heavy atom. The van der Waals surface area contributed by atoms with Crippen LogP contribution in [0.3, 0.4) is 0 Å². The molecule has 1 aliphatic carbocycles. The minimum atomic E-state index is -4.60. The summed E-state index contributed by atoms with van der Waals surface area (Å²) in [6.07, 6.45) is 1.01. The molecule has 1 amide bonds. The van der Waals surface area contributed by atoms with E-state index in [4.69, 9.17) is 16.3 Å². The number of likely N-dealkylation sites (tertiary alicyclic amines) is 1. The highest BCUT2D eigenvalue weighted by Gasteiger charge is 2.48. The molecule has 1 atom stereocenters. The normalized spacial score (nSPS) is 19.8. The zero-order valence-electron chi connectivity index (χ0n) is 21.9. The summed E-state index contributed by atoms with van der Waals surface area (Å²) >= 11 is 6.08. The summed E-state index contributed by atoms with van der Waals surface area (Å²) in [6, 6.07) is 7.61. The summed E-state index contributed by atoms with van der Waals surface area (Å²) in [5.74, 6) is -1.15. The molecule has 0 spiro atoms. The summed E-state index contributed by atoms with van der Waals surface area (Å²) in [4.78, 5) is 31.9. The molecular formula is C29H30ClF4N3O3. The van der Waals surface area contributed by atoms with Crippen LogP contribution in [0.4, 0.5) is 23.4 Å². The Hall–Kier alpha value is -3.40. The van der Waals surface area contributed by atoms with E-state index in [9.17, 15) is 27.2 Å². The number of benzene rings is 1. The van der Waals surface area contributed by atoms with Gasteiger partial charge in [0.15, 0.2) is 0 Å². The Balaban J connectivity index is 1.52. The average Bonchev–Trinajstić information content (AvgIpc) is 2.94. The lowest BCUT2D eigenvalue weighted by Crippen LogP contribution is -2.50. The summed E-state index contributed by atoms with van der Waals surface area (Å²) in [6.45, 7) is 2.75. The van der Waals surface area contributed by atoms with E-state index in [0.717, 1.165) is 6.08 Å². The Labute approximate surface area is 235 Å². The molecule has 1 aromatic heterocycles. The molecule has 214 valence electrons. The first-order valence-corrected chi connectivity index (χ1v) is 13.5. The van der Waals surface area contributed by atoms with Gasteiger partial charge >= 0.3 is 12.1 Å². The number of nitrogens with one attached hydrogen (secondary N) is 1. The Morgan fingerprint density at radius 3 is 2.58 bits per heavy atom. The van der Waals surface area contributed by atoms with E-state index in [0.29, 0.717) is 47.8 Å². The smallest absolute Gasteiger partial charge is 0.412 e. The van der Waals surface area contributed by atoms with Gasteiger partial charge in [0.2, 0.25) is 5.91 Å². The van der Waals surface area contributed by atoms with Gasteiger partial charge in [0.05, 0.1) is 17.9 Å². The van der Waals surface area contributed by atoms with Crippen LogP contribution in [0, 0.1) is 11.7 Å². The van der Waals surface area contributed by atoms with Crippen LogP contribution >= 0.6 is 11.6 Å². The number of aromatic nitrogens is 1. The number of hydrogen-bond acceptors (Lipinski definition) is 5. The molecule has 1 saturated heterocycles. The highest BCUT2D eigenvalue weighted by atomic mass is 35.5. The molecule has 0 saturated carbocycles. The highest BCUT2D eigenvalue weighted by molar-refractivity contribution is 6.31. The molecule has 0 bridgehead atoms. The Morgan fingerprint density at radius 2 is 1.95 bits per heavy atom. The van der Waals surface area contributed by atoms with Gasteiger partial charge in [0, 0.05) is 42.0 Å². The Kier molecular flexibility index (Phi) is 9.18. The van der Waals surface area contributed by atoms with Crippen molar-refractivity contribution in [3.05, 3.63) is 82.3 Å². The van der Waals surface area contributed by atoms with E-state index in [1.807, 2.05) is 0 Å². The van der Waals surface area contributed by atoms with Crippen LogP contribution in [0.1, 0.15) is 37.3 Å². The number of halogens is 5. The third-order valence-electron chi connectivity index (χ3n) is 7.32. The number of piperidine rings is 1. The second-order valence-electron chi connectivity index (χ2n) is 9.82. The zero-order chi connectivity index (χ0) is 28.9. The van der Waals surface area contributed by atoms with Crippen molar-refractivity contribution in [3.8, 4) is 0 Å². The van der Waals surface area contributed by atoms with Gasteiger partial charge in [-0.25, -0.2) is 9.37 Å². The van der Waals surface area contributed by atoms with Crippen LogP contribution in [0.2, 0.25) is 5.02 Å². The molecule has 1 N–H and O–H groups in total. The fourth-order valence-corrected chi connectivity index (χ4v) is 5.38. The topological polar surface area (TPSA) is 71.5 Å². The molecule has 1 fully saturated rings. The maximum absolute atomic E-state index is 14.0.